The summed E-state index contributed by atoms with van der Waals surface area (Å²) in [6.07, 6.45) is 1.25. The predicted molar refractivity (Wildman–Crippen MR) is 114 cm³/mol. The number of fused-ring (bicyclic) bond motifs is 1. The van der Waals surface area contributed by atoms with E-state index in [1.165, 1.54) is 6.92 Å². The van der Waals surface area contributed by atoms with Gasteiger partial charge in [-0.25, -0.2) is 0 Å². The number of nitrogens with zero attached hydrogens (tertiary/aromatic N) is 1. The second kappa shape index (κ2) is 9.09. The van der Waals surface area contributed by atoms with Crippen LogP contribution in [0.2, 0.25) is 5.02 Å². The molecule has 1 atom stereocenters. The van der Waals surface area contributed by atoms with Gasteiger partial charge in [0.1, 0.15) is 0 Å². The SMILES string of the molecule is CCC(=O)Nc1ccc(Cl)c(NC(=O)CC2c3ccccc3CCN2C(C)=O)c1. The van der Waals surface area contributed by atoms with Gasteiger partial charge in [0.2, 0.25) is 17.7 Å². The van der Waals surface area contributed by atoms with Gasteiger partial charge in [0.15, 0.2) is 0 Å². The molecule has 2 aromatic rings. The molecular formula is C22H24ClN3O3. The molecule has 0 saturated carbocycles. The zero-order valence-corrected chi connectivity index (χ0v) is 17.3. The summed E-state index contributed by atoms with van der Waals surface area (Å²) < 4.78 is 0. The van der Waals surface area contributed by atoms with Crippen molar-refractivity contribution in [3.05, 3.63) is 58.6 Å². The van der Waals surface area contributed by atoms with E-state index < -0.39 is 0 Å². The third-order valence-corrected chi connectivity index (χ3v) is 5.37. The Morgan fingerprint density at radius 2 is 1.86 bits per heavy atom. The first-order chi connectivity index (χ1) is 13.9. The third-order valence-electron chi connectivity index (χ3n) is 5.04. The smallest absolute Gasteiger partial charge is 0.226 e. The molecular weight excluding hydrogens is 390 g/mol. The normalized spacial score (nSPS) is 15.4. The van der Waals surface area contributed by atoms with Gasteiger partial charge in [-0.3, -0.25) is 14.4 Å². The molecule has 0 spiro atoms. The van der Waals surface area contributed by atoms with Crippen molar-refractivity contribution in [2.45, 2.75) is 39.2 Å². The van der Waals surface area contributed by atoms with Crippen LogP contribution < -0.4 is 10.6 Å². The van der Waals surface area contributed by atoms with Gasteiger partial charge in [0.05, 0.1) is 23.2 Å². The van der Waals surface area contributed by atoms with Gasteiger partial charge in [-0.05, 0) is 35.7 Å². The quantitative estimate of drug-likeness (QED) is 0.772. The second-order valence-electron chi connectivity index (χ2n) is 7.03. The highest BCUT2D eigenvalue weighted by Crippen LogP contribution is 2.33. The lowest BCUT2D eigenvalue weighted by molar-refractivity contribution is -0.132. The van der Waals surface area contributed by atoms with E-state index >= 15 is 0 Å². The molecule has 2 N–H and O–H groups in total. The van der Waals surface area contributed by atoms with Crippen LogP contribution in [0.25, 0.3) is 0 Å². The highest BCUT2D eigenvalue weighted by molar-refractivity contribution is 6.33. The Bertz CT molecular complexity index is 945. The standard InChI is InChI=1S/C22H24ClN3O3/c1-3-21(28)24-16-8-9-18(23)19(12-16)25-22(29)13-20-17-7-5-4-6-15(17)10-11-26(20)14(2)27/h4-9,12,20H,3,10-11,13H2,1-2H3,(H,24,28)(H,25,29). The Balaban J connectivity index is 1.78. The van der Waals surface area contributed by atoms with Crippen LogP contribution >= 0.6 is 11.6 Å². The Hall–Kier alpha value is -2.86. The van der Waals surface area contributed by atoms with Gasteiger partial charge in [0.25, 0.3) is 0 Å². The maximum atomic E-state index is 12.8. The molecule has 0 saturated heterocycles. The van der Waals surface area contributed by atoms with Crippen molar-refractivity contribution in [3.63, 3.8) is 0 Å². The van der Waals surface area contributed by atoms with E-state index in [2.05, 4.69) is 10.6 Å². The number of hydrogen-bond donors (Lipinski definition) is 2. The highest BCUT2D eigenvalue weighted by Gasteiger charge is 2.30. The highest BCUT2D eigenvalue weighted by atomic mass is 35.5. The van der Waals surface area contributed by atoms with E-state index in [9.17, 15) is 14.4 Å². The third kappa shape index (κ3) is 4.95. The molecule has 7 heteroatoms. The van der Waals surface area contributed by atoms with Gasteiger partial charge in [-0.15, -0.1) is 0 Å². The van der Waals surface area contributed by atoms with E-state index in [0.717, 1.165) is 17.5 Å². The van der Waals surface area contributed by atoms with E-state index in [1.54, 1.807) is 30.0 Å². The number of benzene rings is 2. The first-order valence-corrected chi connectivity index (χ1v) is 10.0. The maximum absolute atomic E-state index is 12.8. The number of rotatable bonds is 5. The molecule has 1 heterocycles. The number of carbonyl (C=O) groups excluding carboxylic acids is 3. The summed E-state index contributed by atoms with van der Waals surface area (Å²) in [6.45, 7) is 3.87. The average Bonchev–Trinajstić information content (AvgIpc) is 2.70. The number of amides is 3. The summed E-state index contributed by atoms with van der Waals surface area (Å²) >= 11 is 6.22. The summed E-state index contributed by atoms with van der Waals surface area (Å²) in [6, 6.07) is 12.5. The topological polar surface area (TPSA) is 78.5 Å². The second-order valence-corrected chi connectivity index (χ2v) is 7.43. The van der Waals surface area contributed by atoms with Crippen molar-refractivity contribution in [1.82, 2.24) is 4.90 Å². The molecule has 152 valence electrons. The van der Waals surface area contributed by atoms with E-state index in [4.69, 9.17) is 11.6 Å². The maximum Gasteiger partial charge on any atom is 0.226 e. The Kier molecular flexibility index (Phi) is 6.54. The lowest BCUT2D eigenvalue weighted by Crippen LogP contribution is -2.40. The molecule has 0 fully saturated rings. The molecule has 0 bridgehead atoms. The molecule has 0 radical (unpaired) electrons. The van der Waals surface area contributed by atoms with Crippen molar-refractivity contribution >= 4 is 40.7 Å². The monoisotopic (exact) mass is 413 g/mol. The number of anilines is 2. The Morgan fingerprint density at radius 1 is 1.10 bits per heavy atom. The molecule has 1 unspecified atom stereocenters. The minimum atomic E-state index is -0.320. The fraction of sp³-hybridized carbons (Fsp3) is 0.318. The van der Waals surface area contributed by atoms with Crippen molar-refractivity contribution in [1.29, 1.82) is 0 Å². The van der Waals surface area contributed by atoms with Gasteiger partial charge >= 0.3 is 0 Å². The van der Waals surface area contributed by atoms with Crippen LogP contribution in [0.3, 0.4) is 0 Å². The summed E-state index contributed by atoms with van der Waals surface area (Å²) in [5.41, 5.74) is 3.14. The molecule has 3 rings (SSSR count). The number of hydrogen-bond acceptors (Lipinski definition) is 3. The summed E-state index contributed by atoms with van der Waals surface area (Å²) in [4.78, 5) is 38.3. The average molecular weight is 414 g/mol. The van der Waals surface area contributed by atoms with Crippen molar-refractivity contribution in [2.75, 3.05) is 17.2 Å². The van der Waals surface area contributed by atoms with E-state index in [0.29, 0.717) is 29.4 Å². The Labute approximate surface area is 175 Å². The summed E-state index contributed by atoms with van der Waals surface area (Å²) in [5, 5.41) is 5.94. The van der Waals surface area contributed by atoms with Gasteiger partial charge in [-0.1, -0.05) is 42.8 Å². The summed E-state index contributed by atoms with van der Waals surface area (Å²) in [7, 11) is 0. The van der Waals surface area contributed by atoms with Gasteiger partial charge in [-0.2, -0.15) is 0 Å². The first-order valence-electron chi connectivity index (χ1n) is 9.63. The zero-order valence-electron chi connectivity index (χ0n) is 16.5. The van der Waals surface area contributed by atoms with Crippen LogP contribution in [0.4, 0.5) is 11.4 Å². The molecule has 3 amide bonds. The molecule has 0 aliphatic carbocycles. The number of halogens is 1. The van der Waals surface area contributed by atoms with Crippen LogP contribution in [0.1, 0.15) is 43.9 Å². The molecule has 0 aromatic heterocycles. The fourth-order valence-corrected chi connectivity index (χ4v) is 3.74. The molecule has 29 heavy (non-hydrogen) atoms. The van der Waals surface area contributed by atoms with Crippen LogP contribution in [0, 0.1) is 0 Å². The fourth-order valence-electron chi connectivity index (χ4n) is 3.57. The van der Waals surface area contributed by atoms with Crippen molar-refractivity contribution in [2.24, 2.45) is 0 Å². The minimum absolute atomic E-state index is 0.0559. The molecule has 1 aliphatic heterocycles. The number of carbonyl (C=O) groups is 3. The molecule has 6 nitrogen and oxygen atoms in total. The molecule has 1 aliphatic rings. The molecule has 2 aromatic carbocycles. The van der Waals surface area contributed by atoms with Crippen LogP contribution in [0.15, 0.2) is 42.5 Å². The Morgan fingerprint density at radius 3 is 2.59 bits per heavy atom. The van der Waals surface area contributed by atoms with Crippen molar-refractivity contribution < 1.29 is 14.4 Å². The van der Waals surface area contributed by atoms with Crippen molar-refractivity contribution in [3.8, 4) is 0 Å². The largest absolute Gasteiger partial charge is 0.335 e. The van der Waals surface area contributed by atoms with E-state index in [-0.39, 0.29) is 30.2 Å². The minimum Gasteiger partial charge on any atom is -0.335 e. The van der Waals surface area contributed by atoms with Crippen LogP contribution in [-0.2, 0) is 20.8 Å². The lowest BCUT2D eigenvalue weighted by atomic mass is 9.90. The first kappa shape index (κ1) is 20.9. The van der Waals surface area contributed by atoms with Gasteiger partial charge < -0.3 is 15.5 Å². The lowest BCUT2D eigenvalue weighted by Gasteiger charge is -2.36. The summed E-state index contributed by atoms with van der Waals surface area (Å²) in [5.74, 6) is -0.432. The van der Waals surface area contributed by atoms with Crippen LogP contribution in [0.5, 0.6) is 0 Å². The van der Waals surface area contributed by atoms with Crippen LogP contribution in [-0.4, -0.2) is 29.2 Å². The zero-order chi connectivity index (χ0) is 21.0. The van der Waals surface area contributed by atoms with E-state index in [1.807, 2.05) is 24.3 Å². The number of nitrogens with one attached hydrogen (secondary N) is 2. The van der Waals surface area contributed by atoms with Gasteiger partial charge in [0, 0.05) is 25.6 Å². The predicted octanol–water partition coefficient (Wildman–Crippen LogP) is 4.16.